The fourth-order valence-corrected chi connectivity index (χ4v) is 5.14. The van der Waals surface area contributed by atoms with Gasteiger partial charge < -0.3 is 9.72 Å². The van der Waals surface area contributed by atoms with Crippen molar-refractivity contribution in [2.45, 2.75) is 45.4 Å². The molecule has 0 amide bonds. The predicted molar refractivity (Wildman–Crippen MR) is 154 cm³/mol. The number of hydrogen-bond donors (Lipinski definition) is 2. The summed E-state index contributed by atoms with van der Waals surface area (Å²) in [7, 11) is -1.47. The van der Waals surface area contributed by atoms with Crippen molar-refractivity contribution in [2.24, 2.45) is 0 Å². The molecule has 38 heavy (non-hydrogen) atoms. The number of fused-ring (bicyclic) bond motifs is 1. The first-order chi connectivity index (χ1) is 18.0. The van der Waals surface area contributed by atoms with Crippen LogP contribution in [0.15, 0.2) is 65.7 Å². The van der Waals surface area contributed by atoms with Crippen LogP contribution in [-0.2, 0) is 21.9 Å². The lowest BCUT2D eigenvalue weighted by atomic mass is 9.83. The summed E-state index contributed by atoms with van der Waals surface area (Å²) in [5.41, 5.74) is 5.88. The van der Waals surface area contributed by atoms with E-state index in [1.165, 1.54) is 11.8 Å². The van der Waals surface area contributed by atoms with Gasteiger partial charge in [0.1, 0.15) is 5.75 Å². The highest BCUT2D eigenvalue weighted by atomic mass is 32.2. The standard InChI is InChI=1S/C30H35N3O4S/c1-30(2,3)26-18-24(23-10-8-15-31-29(23)34)27-25(28(26)37-4)17-22(19-32-27)21-13-11-20(12-14-21)9-6-7-16-33-38(5,35)36/h8,10-15,17-19,33H,6-7,9,16H2,1-5H3,(H,31,34). The van der Waals surface area contributed by atoms with Gasteiger partial charge in [-0.3, -0.25) is 9.78 Å². The number of rotatable bonds is 9. The highest BCUT2D eigenvalue weighted by Gasteiger charge is 2.25. The summed E-state index contributed by atoms with van der Waals surface area (Å²) in [6, 6.07) is 16.1. The molecule has 0 saturated heterocycles. The fraction of sp³-hybridized carbons (Fsp3) is 0.333. The number of nitrogens with one attached hydrogen (secondary N) is 2. The maximum Gasteiger partial charge on any atom is 0.255 e. The van der Waals surface area contributed by atoms with Crippen LogP contribution in [0.3, 0.4) is 0 Å². The second-order valence-electron chi connectivity index (χ2n) is 10.6. The zero-order chi connectivity index (χ0) is 27.5. The quantitative estimate of drug-likeness (QED) is 0.279. The summed E-state index contributed by atoms with van der Waals surface area (Å²) in [5.74, 6) is 0.761. The predicted octanol–water partition coefficient (Wildman–Crippen LogP) is 5.44. The Morgan fingerprint density at radius 1 is 1.00 bits per heavy atom. The highest BCUT2D eigenvalue weighted by Crippen LogP contribution is 2.42. The van der Waals surface area contributed by atoms with Gasteiger partial charge in [-0.1, -0.05) is 45.0 Å². The molecule has 2 N–H and O–H groups in total. The van der Waals surface area contributed by atoms with Crippen molar-refractivity contribution >= 4 is 20.9 Å². The van der Waals surface area contributed by atoms with Crippen molar-refractivity contribution in [3.05, 3.63) is 82.4 Å². The number of nitrogens with zero attached hydrogens (tertiary/aromatic N) is 1. The molecule has 0 saturated carbocycles. The minimum Gasteiger partial charge on any atom is -0.496 e. The summed E-state index contributed by atoms with van der Waals surface area (Å²) < 4.78 is 30.8. The minimum absolute atomic E-state index is 0.160. The second-order valence-corrected chi connectivity index (χ2v) is 12.4. The van der Waals surface area contributed by atoms with Gasteiger partial charge in [0.05, 0.1) is 18.9 Å². The number of benzene rings is 2. The van der Waals surface area contributed by atoms with E-state index in [-0.39, 0.29) is 11.0 Å². The van der Waals surface area contributed by atoms with E-state index in [2.05, 4.69) is 60.8 Å². The Morgan fingerprint density at radius 3 is 2.37 bits per heavy atom. The molecule has 0 radical (unpaired) electrons. The second kappa shape index (κ2) is 11.1. The number of aromatic amines is 1. The van der Waals surface area contributed by atoms with Gasteiger partial charge in [0.25, 0.3) is 5.56 Å². The zero-order valence-corrected chi connectivity index (χ0v) is 23.4. The van der Waals surface area contributed by atoms with Crippen LogP contribution in [0.1, 0.15) is 44.7 Å². The van der Waals surface area contributed by atoms with E-state index in [9.17, 15) is 13.2 Å². The fourth-order valence-electron chi connectivity index (χ4n) is 4.63. The molecule has 0 atom stereocenters. The lowest BCUT2D eigenvalue weighted by Gasteiger charge is -2.25. The molecule has 2 aromatic carbocycles. The Hall–Kier alpha value is -3.49. The number of methoxy groups -OCH3 is 1. The molecule has 7 nitrogen and oxygen atoms in total. The molecule has 0 fully saturated rings. The molecule has 4 aromatic rings. The number of ether oxygens (including phenoxy) is 1. The molecular formula is C30H35N3O4S. The molecule has 4 rings (SSSR count). The third-order valence-electron chi connectivity index (χ3n) is 6.58. The van der Waals surface area contributed by atoms with Crippen molar-refractivity contribution in [3.63, 3.8) is 0 Å². The molecule has 2 aromatic heterocycles. The number of pyridine rings is 2. The van der Waals surface area contributed by atoms with Crippen molar-refractivity contribution in [2.75, 3.05) is 19.9 Å². The Bertz CT molecular complexity index is 1600. The summed E-state index contributed by atoms with van der Waals surface area (Å²) >= 11 is 0. The lowest BCUT2D eigenvalue weighted by Crippen LogP contribution is -2.22. The van der Waals surface area contributed by atoms with E-state index < -0.39 is 10.0 Å². The number of H-pyrrole nitrogens is 1. The normalized spacial score (nSPS) is 12.1. The average molecular weight is 534 g/mol. The number of aromatic nitrogens is 2. The van der Waals surface area contributed by atoms with Gasteiger partial charge in [-0.2, -0.15) is 0 Å². The van der Waals surface area contributed by atoms with Gasteiger partial charge in [-0.15, -0.1) is 0 Å². The van der Waals surface area contributed by atoms with Crippen LogP contribution in [0, 0.1) is 0 Å². The van der Waals surface area contributed by atoms with E-state index >= 15 is 0 Å². The van der Waals surface area contributed by atoms with E-state index in [1.54, 1.807) is 13.3 Å². The topological polar surface area (TPSA) is 101 Å². The van der Waals surface area contributed by atoms with Crippen molar-refractivity contribution in [1.82, 2.24) is 14.7 Å². The molecule has 0 spiro atoms. The highest BCUT2D eigenvalue weighted by molar-refractivity contribution is 7.88. The molecule has 0 unspecified atom stereocenters. The zero-order valence-electron chi connectivity index (χ0n) is 22.6. The number of sulfonamides is 1. The van der Waals surface area contributed by atoms with Gasteiger partial charge >= 0.3 is 0 Å². The summed E-state index contributed by atoms with van der Waals surface area (Å²) in [5, 5.41) is 0.859. The van der Waals surface area contributed by atoms with Crippen LogP contribution in [0.4, 0.5) is 0 Å². The molecule has 0 aliphatic carbocycles. The Kier molecular flexibility index (Phi) is 8.04. The number of unbranched alkanes of at least 4 members (excludes halogenated alkanes) is 1. The van der Waals surface area contributed by atoms with Crippen molar-refractivity contribution < 1.29 is 13.2 Å². The Labute approximate surface area is 224 Å². The molecule has 0 aliphatic heterocycles. The van der Waals surface area contributed by atoms with Crippen molar-refractivity contribution in [3.8, 4) is 28.0 Å². The average Bonchev–Trinajstić information content (AvgIpc) is 2.87. The lowest BCUT2D eigenvalue weighted by molar-refractivity contribution is 0.402. The molecule has 200 valence electrons. The Balaban J connectivity index is 1.70. The smallest absolute Gasteiger partial charge is 0.255 e. The van der Waals surface area contributed by atoms with Gasteiger partial charge in [-0.05, 0) is 60.1 Å². The SMILES string of the molecule is COc1c(C(C)(C)C)cc(-c2ccc[nH]c2=O)c2ncc(-c3ccc(CCCCNS(C)(=O)=O)cc3)cc12. The monoisotopic (exact) mass is 533 g/mol. The first-order valence-electron chi connectivity index (χ1n) is 12.7. The van der Waals surface area contributed by atoms with E-state index in [4.69, 9.17) is 9.72 Å². The van der Waals surface area contributed by atoms with Crippen LogP contribution in [0.2, 0.25) is 0 Å². The van der Waals surface area contributed by atoms with Crippen LogP contribution < -0.4 is 15.0 Å². The van der Waals surface area contributed by atoms with Crippen LogP contribution in [0.5, 0.6) is 5.75 Å². The summed E-state index contributed by atoms with van der Waals surface area (Å²) in [4.78, 5) is 20.3. The van der Waals surface area contributed by atoms with Gasteiger partial charge in [0.15, 0.2) is 0 Å². The molecule has 0 aliphatic rings. The van der Waals surface area contributed by atoms with E-state index in [1.807, 2.05) is 24.4 Å². The third kappa shape index (κ3) is 6.31. The third-order valence-corrected chi connectivity index (χ3v) is 7.31. The van der Waals surface area contributed by atoms with Gasteiger partial charge in [0, 0.05) is 46.6 Å². The molecular weight excluding hydrogens is 498 g/mol. The molecule has 2 heterocycles. The largest absolute Gasteiger partial charge is 0.496 e. The van der Waals surface area contributed by atoms with Gasteiger partial charge in [-0.25, -0.2) is 13.1 Å². The van der Waals surface area contributed by atoms with Crippen molar-refractivity contribution in [1.29, 1.82) is 0 Å². The maximum atomic E-state index is 12.7. The molecule has 8 heteroatoms. The van der Waals surface area contributed by atoms with Crippen LogP contribution in [0.25, 0.3) is 33.2 Å². The van der Waals surface area contributed by atoms with Gasteiger partial charge in [0.2, 0.25) is 10.0 Å². The summed E-state index contributed by atoms with van der Waals surface area (Å²) in [6.07, 6.45) is 7.20. The summed E-state index contributed by atoms with van der Waals surface area (Å²) in [6.45, 7) is 6.84. The van der Waals surface area contributed by atoms with Crippen LogP contribution in [-0.4, -0.2) is 38.3 Å². The van der Waals surface area contributed by atoms with E-state index in [0.717, 1.165) is 58.2 Å². The first kappa shape index (κ1) is 27.5. The maximum absolute atomic E-state index is 12.7. The minimum atomic E-state index is -3.14. The Morgan fingerprint density at radius 2 is 1.74 bits per heavy atom. The molecule has 0 bridgehead atoms. The first-order valence-corrected chi connectivity index (χ1v) is 14.6. The van der Waals surface area contributed by atoms with E-state index in [0.29, 0.717) is 12.1 Å². The number of aryl methyl sites for hydroxylation is 1. The number of hydrogen-bond acceptors (Lipinski definition) is 5. The van der Waals surface area contributed by atoms with Crippen LogP contribution >= 0.6 is 0 Å².